The molecule has 0 aliphatic rings. The highest BCUT2D eigenvalue weighted by molar-refractivity contribution is 7.90. The van der Waals surface area contributed by atoms with Gasteiger partial charge in [0.25, 0.3) is 0 Å². The first-order valence-electron chi connectivity index (χ1n) is 5.67. The van der Waals surface area contributed by atoms with Gasteiger partial charge in [-0.3, -0.25) is 0 Å². The Hall–Kier alpha value is -2.30. The standard InChI is InChI=1S/C11H10F3N3O4S/c1-20-8-4-3-6(21-11(12,13)14)5-7(8)9-15-10(17-16-9)22(2,18)19/h3-5H,1-2H3,(H,15,16,17). The molecule has 7 nitrogen and oxygen atoms in total. The van der Waals surface area contributed by atoms with Crippen LogP contribution < -0.4 is 9.47 Å². The maximum absolute atomic E-state index is 12.2. The number of methoxy groups -OCH3 is 1. The largest absolute Gasteiger partial charge is 0.573 e. The van der Waals surface area contributed by atoms with Crippen LogP contribution >= 0.6 is 0 Å². The minimum absolute atomic E-state index is 0.0513. The van der Waals surface area contributed by atoms with Gasteiger partial charge in [-0.15, -0.1) is 13.2 Å². The first-order valence-corrected chi connectivity index (χ1v) is 7.56. The summed E-state index contributed by atoms with van der Waals surface area (Å²) in [6, 6.07) is 3.29. The second-order valence-corrected chi connectivity index (χ2v) is 6.08. The zero-order chi connectivity index (χ0) is 16.5. The van der Waals surface area contributed by atoms with Crippen molar-refractivity contribution in [1.29, 1.82) is 0 Å². The highest BCUT2D eigenvalue weighted by atomic mass is 32.2. The predicted molar refractivity (Wildman–Crippen MR) is 68.2 cm³/mol. The van der Waals surface area contributed by atoms with E-state index in [1.807, 2.05) is 0 Å². The van der Waals surface area contributed by atoms with Gasteiger partial charge in [0, 0.05) is 6.26 Å². The molecular formula is C11H10F3N3O4S. The molecule has 0 aliphatic carbocycles. The van der Waals surface area contributed by atoms with Crippen LogP contribution in [0.2, 0.25) is 0 Å². The lowest BCUT2D eigenvalue weighted by Crippen LogP contribution is -2.17. The van der Waals surface area contributed by atoms with Gasteiger partial charge in [0.2, 0.25) is 15.0 Å². The summed E-state index contributed by atoms with van der Waals surface area (Å²) in [5.41, 5.74) is 0.0513. The number of halogens is 3. The predicted octanol–water partition coefficient (Wildman–Crippen LogP) is 1.78. The molecule has 0 aliphatic heterocycles. The molecule has 22 heavy (non-hydrogen) atoms. The fourth-order valence-electron chi connectivity index (χ4n) is 1.59. The van der Waals surface area contributed by atoms with E-state index in [-0.39, 0.29) is 17.1 Å². The molecule has 120 valence electrons. The molecule has 2 aromatic rings. The molecule has 0 amide bonds. The molecule has 0 saturated carbocycles. The number of hydrogen-bond donors (Lipinski definition) is 1. The Bertz CT molecular complexity index is 786. The summed E-state index contributed by atoms with van der Waals surface area (Å²) >= 11 is 0. The number of nitrogens with zero attached hydrogens (tertiary/aromatic N) is 2. The van der Waals surface area contributed by atoms with Gasteiger partial charge in [-0.05, 0) is 18.2 Å². The van der Waals surface area contributed by atoms with Crippen LogP contribution in [-0.4, -0.2) is 43.3 Å². The van der Waals surface area contributed by atoms with E-state index in [0.29, 0.717) is 0 Å². The van der Waals surface area contributed by atoms with Gasteiger partial charge in [-0.2, -0.15) is 10.1 Å². The van der Waals surface area contributed by atoms with Crippen molar-refractivity contribution in [3.63, 3.8) is 0 Å². The molecule has 2 rings (SSSR count). The molecular weight excluding hydrogens is 327 g/mol. The Balaban J connectivity index is 2.48. The zero-order valence-corrected chi connectivity index (χ0v) is 12.1. The van der Waals surface area contributed by atoms with Crippen LogP contribution in [0.5, 0.6) is 11.5 Å². The molecule has 11 heteroatoms. The molecule has 0 atom stereocenters. The van der Waals surface area contributed by atoms with Crippen molar-refractivity contribution in [1.82, 2.24) is 15.2 Å². The Morgan fingerprint density at radius 2 is 1.95 bits per heavy atom. The van der Waals surface area contributed by atoms with Crippen LogP contribution in [0.15, 0.2) is 23.4 Å². The Morgan fingerprint density at radius 1 is 1.27 bits per heavy atom. The van der Waals surface area contributed by atoms with Gasteiger partial charge >= 0.3 is 6.36 Å². The van der Waals surface area contributed by atoms with Gasteiger partial charge in [0.1, 0.15) is 11.5 Å². The zero-order valence-electron chi connectivity index (χ0n) is 11.3. The van der Waals surface area contributed by atoms with Crippen LogP contribution in [0.4, 0.5) is 13.2 Å². The van der Waals surface area contributed by atoms with Gasteiger partial charge in [-0.1, -0.05) is 0 Å². The Kier molecular flexibility index (Phi) is 4.00. The first-order chi connectivity index (χ1) is 10.1. The van der Waals surface area contributed by atoms with E-state index in [1.54, 1.807) is 0 Å². The van der Waals surface area contributed by atoms with Gasteiger partial charge in [-0.25, -0.2) is 13.5 Å². The Labute approximate surface area is 123 Å². The van der Waals surface area contributed by atoms with E-state index in [9.17, 15) is 21.6 Å². The normalized spacial score (nSPS) is 12.2. The quantitative estimate of drug-likeness (QED) is 0.914. The summed E-state index contributed by atoms with van der Waals surface area (Å²) in [4.78, 5) is 3.73. The summed E-state index contributed by atoms with van der Waals surface area (Å²) in [5, 5.41) is 5.45. The summed E-state index contributed by atoms with van der Waals surface area (Å²) in [6.45, 7) is 0. The third kappa shape index (κ3) is 3.67. The number of nitrogens with one attached hydrogen (secondary N) is 1. The molecule has 0 fully saturated rings. The van der Waals surface area contributed by atoms with Crippen molar-refractivity contribution < 1.29 is 31.1 Å². The van der Waals surface area contributed by atoms with Crippen molar-refractivity contribution in [2.75, 3.05) is 13.4 Å². The smallest absolute Gasteiger partial charge is 0.496 e. The first kappa shape index (κ1) is 16.1. The van der Waals surface area contributed by atoms with E-state index in [4.69, 9.17) is 4.74 Å². The number of rotatable bonds is 4. The third-order valence-electron chi connectivity index (χ3n) is 2.46. The number of hydrogen-bond acceptors (Lipinski definition) is 6. The van der Waals surface area contributed by atoms with E-state index in [2.05, 4.69) is 19.9 Å². The van der Waals surface area contributed by atoms with Crippen molar-refractivity contribution in [2.45, 2.75) is 11.5 Å². The lowest BCUT2D eigenvalue weighted by Gasteiger charge is -2.11. The van der Waals surface area contributed by atoms with E-state index in [1.165, 1.54) is 13.2 Å². The monoisotopic (exact) mass is 337 g/mol. The van der Waals surface area contributed by atoms with Crippen LogP contribution in [0.25, 0.3) is 11.4 Å². The summed E-state index contributed by atoms with van der Waals surface area (Å²) in [7, 11) is -2.33. The fourth-order valence-corrected chi connectivity index (χ4v) is 2.06. The molecule has 0 spiro atoms. The second-order valence-electron chi connectivity index (χ2n) is 4.15. The SMILES string of the molecule is COc1ccc(OC(F)(F)F)cc1-c1n[nH]c(S(C)(=O)=O)n1. The van der Waals surface area contributed by atoms with Crippen LogP contribution in [-0.2, 0) is 9.84 Å². The van der Waals surface area contributed by atoms with Crippen LogP contribution in [0.1, 0.15) is 0 Å². The maximum atomic E-state index is 12.2. The number of aromatic nitrogens is 3. The molecule has 1 heterocycles. The van der Waals surface area contributed by atoms with Gasteiger partial charge in [0.15, 0.2) is 5.82 Å². The number of aromatic amines is 1. The lowest BCUT2D eigenvalue weighted by molar-refractivity contribution is -0.274. The molecule has 0 unspecified atom stereocenters. The van der Waals surface area contributed by atoms with Gasteiger partial charge < -0.3 is 9.47 Å². The summed E-state index contributed by atoms with van der Waals surface area (Å²) in [6.07, 6.45) is -3.94. The van der Waals surface area contributed by atoms with Crippen LogP contribution in [0.3, 0.4) is 0 Å². The number of benzene rings is 1. The minimum atomic E-state index is -4.86. The number of sulfone groups is 1. The highest BCUT2D eigenvalue weighted by Gasteiger charge is 2.31. The Morgan fingerprint density at radius 3 is 2.45 bits per heavy atom. The topological polar surface area (TPSA) is 94.2 Å². The maximum Gasteiger partial charge on any atom is 0.573 e. The third-order valence-corrected chi connectivity index (χ3v) is 3.35. The van der Waals surface area contributed by atoms with Crippen molar-refractivity contribution in [3.05, 3.63) is 18.2 Å². The average molecular weight is 337 g/mol. The number of ether oxygens (including phenoxy) is 2. The van der Waals surface area contributed by atoms with E-state index in [0.717, 1.165) is 18.4 Å². The molecule has 1 aromatic heterocycles. The molecule has 0 radical (unpaired) electrons. The molecule has 1 N–H and O–H groups in total. The minimum Gasteiger partial charge on any atom is -0.496 e. The molecule has 0 bridgehead atoms. The summed E-state index contributed by atoms with van der Waals surface area (Å²) < 4.78 is 68.2. The van der Waals surface area contributed by atoms with E-state index >= 15 is 0 Å². The number of H-pyrrole nitrogens is 1. The molecule has 0 saturated heterocycles. The average Bonchev–Trinajstić information content (AvgIpc) is 2.86. The van der Waals surface area contributed by atoms with Gasteiger partial charge in [0.05, 0.1) is 12.7 Å². The summed E-state index contributed by atoms with van der Waals surface area (Å²) in [5.74, 6) is -0.479. The molecule has 1 aromatic carbocycles. The van der Waals surface area contributed by atoms with Crippen molar-refractivity contribution in [3.8, 4) is 22.9 Å². The number of alkyl halides is 3. The highest BCUT2D eigenvalue weighted by Crippen LogP contribution is 2.33. The fraction of sp³-hybridized carbons (Fsp3) is 0.273. The lowest BCUT2D eigenvalue weighted by atomic mass is 10.2. The second kappa shape index (κ2) is 5.48. The van der Waals surface area contributed by atoms with E-state index < -0.39 is 27.1 Å². The van der Waals surface area contributed by atoms with Crippen molar-refractivity contribution in [2.24, 2.45) is 0 Å². The van der Waals surface area contributed by atoms with Crippen molar-refractivity contribution >= 4 is 9.84 Å². The van der Waals surface area contributed by atoms with Crippen LogP contribution in [0, 0.1) is 0 Å².